The first kappa shape index (κ1) is 28.2. The molecule has 0 aliphatic carbocycles. The van der Waals surface area contributed by atoms with Crippen LogP contribution in [0, 0.1) is 11.6 Å². The van der Waals surface area contributed by atoms with Crippen LogP contribution in [0.25, 0.3) is 0 Å². The Morgan fingerprint density at radius 1 is 0.947 bits per heavy atom. The molecule has 0 saturated carbocycles. The molecule has 11 heteroatoms. The van der Waals surface area contributed by atoms with Gasteiger partial charge >= 0.3 is 11.9 Å². The minimum atomic E-state index is -1.99. The van der Waals surface area contributed by atoms with E-state index in [2.05, 4.69) is 10.3 Å². The summed E-state index contributed by atoms with van der Waals surface area (Å²) in [6, 6.07) is 9.93. The number of methoxy groups -OCH3 is 1. The fourth-order valence-electron chi connectivity index (χ4n) is 3.72. The number of nitrogens with zero attached hydrogens (tertiary/aromatic N) is 1. The lowest BCUT2D eigenvalue weighted by Gasteiger charge is -2.35. The summed E-state index contributed by atoms with van der Waals surface area (Å²) in [4.78, 5) is 41.2. The van der Waals surface area contributed by atoms with Gasteiger partial charge in [0.1, 0.15) is 23.8 Å². The molecule has 0 fully saturated rings. The number of amides is 1. The van der Waals surface area contributed by atoms with Crippen molar-refractivity contribution in [1.82, 2.24) is 10.3 Å². The molecule has 9 nitrogen and oxygen atoms in total. The van der Waals surface area contributed by atoms with Gasteiger partial charge in [-0.3, -0.25) is 9.59 Å². The Kier molecular flexibility index (Phi) is 8.74. The van der Waals surface area contributed by atoms with Crippen LogP contribution in [0.2, 0.25) is 0 Å². The zero-order valence-corrected chi connectivity index (χ0v) is 21.0. The number of ether oxygens (including phenoxy) is 3. The maximum absolute atomic E-state index is 13.6. The van der Waals surface area contributed by atoms with E-state index >= 15 is 0 Å². The Balaban J connectivity index is 1.83. The second kappa shape index (κ2) is 11.8. The van der Waals surface area contributed by atoms with Crippen molar-refractivity contribution in [1.29, 1.82) is 0 Å². The predicted molar refractivity (Wildman–Crippen MR) is 130 cm³/mol. The molecule has 2 N–H and O–H groups in total. The minimum Gasteiger partial charge on any atom is -0.493 e. The molecule has 0 spiro atoms. The topological polar surface area (TPSA) is 124 Å². The smallest absolute Gasteiger partial charge is 0.328 e. The van der Waals surface area contributed by atoms with Crippen LogP contribution in [0.15, 0.2) is 60.8 Å². The van der Waals surface area contributed by atoms with E-state index in [1.54, 1.807) is 0 Å². The molecule has 1 amide bonds. The van der Waals surface area contributed by atoms with Gasteiger partial charge in [-0.05, 0) is 49.2 Å². The highest BCUT2D eigenvalue weighted by atomic mass is 19.1. The summed E-state index contributed by atoms with van der Waals surface area (Å²) in [7, 11) is 1.31. The largest absolute Gasteiger partial charge is 0.493 e. The number of pyridine rings is 1. The van der Waals surface area contributed by atoms with Crippen LogP contribution in [0.3, 0.4) is 0 Å². The van der Waals surface area contributed by atoms with Crippen molar-refractivity contribution >= 4 is 17.8 Å². The molecule has 2 atom stereocenters. The van der Waals surface area contributed by atoms with E-state index in [9.17, 15) is 28.3 Å². The summed E-state index contributed by atoms with van der Waals surface area (Å²) >= 11 is 0. The number of benzene rings is 2. The summed E-state index contributed by atoms with van der Waals surface area (Å²) in [5.74, 6) is -3.74. The van der Waals surface area contributed by atoms with Gasteiger partial charge in [0.25, 0.3) is 5.91 Å². The number of carbonyl (C=O) groups excluding carboxylic acids is 3. The molecule has 1 aromatic heterocycles. The molecule has 0 aliphatic heterocycles. The van der Waals surface area contributed by atoms with Crippen LogP contribution >= 0.6 is 0 Å². The predicted octanol–water partition coefficient (Wildman–Crippen LogP) is 3.28. The fraction of sp³-hybridized carbons (Fsp3) is 0.259. The molecule has 2 aromatic carbocycles. The van der Waals surface area contributed by atoms with Gasteiger partial charge in [-0.25, -0.2) is 18.6 Å². The SMILES string of the molecule is COc1ccnc(C(=O)N[C@H](C)C(=O)O[C@H](C)C(O)(c2ccc(F)cc2)c2ccc(F)cc2)c1OC(C)=O. The summed E-state index contributed by atoms with van der Waals surface area (Å²) in [5, 5.41) is 14.1. The van der Waals surface area contributed by atoms with Crippen LogP contribution in [-0.4, -0.2) is 47.2 Å². The van der Waals surface area contributed by atoms with Gasteiger partial charge < -0.3 is 24.6 Å². The van der Waals surface area contributed by atoms with Crippen LogP contribution in [0.5, 0.6) is 11.5 Å². The number of carbonyl (C=O) groups is 3. The van der Waals surface area contributed by atoms with Crippen LogP contribution in [0.4, 0.5) is 8.78 Å². The minimum absolute atomic E-state index is 0.0767. The first-order chi connectivity index (χ1) is 18.0. The van der Waals surface area contributed by atoms with E-state index in [1.165, 1.54) is 57.5 Å². The van der Waals surface area contributed by atoms with Gasteiger partial charge in [0, 0.05) is 19.2 Å². The second-order valence-electron chi connectivity index (χ2n) is 8.34. The van der Waals surface area contributed by atoms with E-state index in [0.717, 1.165) is 31.2 Å². The Morgan fingerprint density at radius 3 is 1.95 bits per heavy atom. The van der Waals surface area contributed by atoms with Crippen molar-refractivity contribution in [2.75, 3.05) is 7.11 Å². The van der Waals surface area contributed by atoms with E-state index in [0.29, 0.717) is 0 Å². The lowest BCUT2D eigenvalue weighted by molar-refractivity contribution is -0.162. The van der Waals surface area contributed by atoms with Gasteiger partial charge in [0.2, 0.25) is 5.75 Å². The molecular weight excluding hydrogens is 502 g/mol. The molecule has 0 bridgehead atoms. The van der Waals surface area contributed by atoms with Crippen molar-refractivity contribution in [3.05, 3.63) is 89.2 Å². The van der Waals surface area contributed by atoms with Crippen LogP contribution in [-0.2, 0) is 19.9 Å². The maximum Gasteiger partial charge on any atom is 0.328 e. The summed E-state index contributed by atoms with van der Waals surface area (Å²) < 4.78 is 42.8. The van der Waals surface area contributed by atoms with Crippen molar-refractivity contribution in [3.63, 3.8) is 0 Å². The van der Waals surface area contributed by atoms with Gasteiger partial charge in [-0.15, -0.1) is 0 Å². The third-order valence-electron chi connectivity index (χ3n) is 5.70. The molecule has 1 heterocycles. The number of rotatable bonds is 9. The van der Waals surface area contributed by atoms with Crippen molar-refractivity contribution in [2.24, 2.45) is 0 Å². The molecular formula is C27H26F2N2O7. The fourth-order valence-corrected chi connectivity index (χ4v) is 3.72. The molecule has 3 aromatic rings. The molecule has 38 heavy (non-hydrogen) atoms. The molecule has 0 radical (unpaired) electrons. The van der Waals surface area contributed by atoms with Gasteiger partial charge in [-0.2, -0.15) is 0 Å². The van der Waals surface area contributed by atoms with Crippen molar-refractivity contribution in [3.8, 4) is 11.5 Å². The third-order valence-corrected chi connectivity index (χ3v) is 5.70. The third kappa shape index (κ3) is 6.12. The standard InChI is InChI=1S/C27H26F2N2O7/c1-15(31-25(33)23-24(38-17(3)32)22(36-4)13-14-30-23)26(34)37-16(2)27(35,18-5-9-20(28)10-6-18)19-7-11-21(29)12-8-19/h5-16,35H,1-4H3,(H,31,33)/t15-,16-/m1/s1. The second-order valence-corrected chi connectivity index (χ2v) is 8.34. The molecule has 200 valence electrons. The van der Waals surface area contributed by atoms with Gasteiger partial charge in [0.05, 0.1) is 7.11 Å². The Labute approximate surface area is 217 Å². The van der Waals surface area contributed by atoms with E-state index in [-0.39, 0.29) is 28.3 Å². The Morgan fingerprint density at radius 2 is 1.47 bits per heavy atom. The highest BCUT2D eigenvalue weighted by molar-refractivity contribution is 5.98. The Bertz CT molecular complexity index is 1270. The lowest BCUT2D eigenvalue weighted by atomic mass is 9.82. The maximum atomic E-state index is 13.6. The van der Waals surface area contributed by atoms with Gasteiger partial charge in [0.15, 0.2) is 17.0 Å². The van der Waals surface area contributed by atoms with Crippen LogP contribution < -0.4 is 14.8 Å². The number of hydrogen-bond acceptors (Lipinski definition) is 8. The zero-order valence-electron chi connectivity index (χ0n) is 21.0. The van der Waals surface area contributed by atoms with E-state index in [1.807, 2.05) is 0 Å². The highest BCUT2D eigenvalue weighted by Crippen LogP contribution is 2.35. The first-order valence-electron chi connectivity index (χ1n) is 11.4. The Hall–Kier alpha value is -4.38. The molecule has 3 rings (SSSR count). The molecule has 0 aliphatic rings. The number of aliphatic hydroxyl groups is 1. The summed E-state index contributed by atoms with van der Waals surface area (Å²) in [6.07, 6.45) is -0.00561. The van der Waals surface area contributed by atoms with Crippen molar-refractivity contribution < 1.29 is 42.5 Å². The van der Waals surface area contributed by atoms with E-state index < -0.39 is 47.2 Å². The first-order valence-corrected chi connectivity index (χ1v) is 11.4. The number of aromatic nitrogens is 1. The van der Waals surface area contributed by atoms with E-state index in [4.69, 9.17) is 14.2 Å². The quantitative estimate of drug-likeness (QED) is 0.406. The van der Waals surface area contributed by atoms with Crippen LogP contribution in [0.1, 0.15) is 42.4 Å². The number of halogens is 2. The molecule has 0 saturated heterocycles. The number of nitrogens with one attached hydrogen (secondary N) is 1. The summed E-state index contributed by atoms with van der Waals surface area (Å²) in [6.45, 7) is 3.88. The van der Waals surface area contributed by atoms with Gasteiger partial charge in [-0.1, -0.05) is 24.3 Å². The summed E-state index contributed by atoms with van der Waals surface area (Å²) in [5.41, 5.74) is -1.91. The number of esters is 2. The molecule has 0 unspecified atom stereocenters. The number of hydrogen-bond donors (Lipinski definition) is 2. The highest BCUT2D eigenvalue weighted by Gasteiger charge is 2.41. The lowest BCUT2D eigenvalue weighted by Crippen LogP contribution is -2.46. The monoisotopic (exact) mass is 528 g/mol. The average molecular weight is 529 g/mol. The average Bonchev–Trinajstić information content (AvgIpc) is 2.88. The normalized spacial score (nSPS) is 12.7. The van der Waals surface area contributed by atoms with Crippen molar-refractivity contribution in [2.45, 2.75) is 38.5 Å². The zero-order chi connectivity index (χ0) is 28.0.